The van der Waals surface area contributed by atoms with Crippen LogP contribution in [0.5, 0.6) is 6.01 Å². The molecule has 0 aromatic carbocycles. The number of pyridine rings is 1. The molecule has 3 aromatic heterocycles. The number of aromatic amines is 1. The number of nitrogen functional groups attached to an aromatic ring is 1. The van der Waals surface area contributed by atoms with Gasteiger partial charge in [0.2, 0.25) is 0 Å². The number of carbonyl (C=O) groups excluding carboxylic acids is 1. The van der Waals surface area contributed by atoms with E-state index >= 15 is 0 Å². The van der Waals surface area contributed by atoms with Crippen LogP contribution in [-0.4, -0.2) is 81.8 Å². The van der Waals surface area contributed by atoms with Crippen LogP contribution in [0.25, 0.3) is 11.2 Å². The van der Waals surface area contributed by atoms with Gasteiger partial charge in [0.25, 0.3) is 0 Å². The molecule has 3 N–H and O–H groups in total. The summed E-state index contributed by atoms with van der Waals surface area (Å²) in [7, 11) is 1.36. The largest absolute Gasteiger partial charge is 0.465 e. The molecule has 34 heavy (non-hydrogen) atoms. The van der Waals surface area contributed by atoms with E-state index in [1.807, 2.05) is 0 Å². The third kappa shape index (κ3) is 5.11. The molecular formula is C22H30N8O4. The number of rotatable bonds is 9. The van der Waals surface area contributed by atoms with Crippen molar-refractivity contribution in [2.75, 3.05) is 57.1 Å². The molecule has 0 spiro atoms. The van der Waals surface area contributed by atoms with Gasteiger partial charge in [-0.15, -0.1) is 0 Å². The summed E-state index contributed by atoms with van der Waals surface area (Å²) < 4.78 is 12.0. The zero-order valence-corrected chi connectivity index (χ0v) is 19.5. The summed E-state index contributed by atoms with van der Waals surface area (Å²) in [5.41, 5.74) is 7.11. The molecule has 1 aliphatic rings. The summed E-state index contributed by atoms with van der Waals surface area (Å²) in [6.45, 7) is 6.80. The number of ether oxygens (including phenoxy) is 2. The number of fused-ring (bicyclic) bond motifs is 1. The molecule has 0 radical (unpaired) electrons. The Morgan fingerprint density at radius 3 is 2.74 bits per heavy atom. The Hall–Kier alpha value is -3.67. The van der Waals surface area contributed by atoms with E-state index in [9.17, 15) is 9.59 Å². The first-order chi connectivity index (χ1) is 16.5. The SMILES string of the molecule is CCCCOc1nc(N)c2[nH]c(=O)n(CCN3CCN(c4cc(C(=O)OC)ccn4)CC3)c2n1. The van der Waals surface area contributed by atoms with E-state index in [2.05, 4.69) is 36.7 Å². The Morgan fingerprint density at radius 2 is 2.00 bits per heavy atom. The molecule has 1 fully saturated rings. The third-order valence-electron chi connectivity index (χ3n) is 5.86. The predicted molar refractivity (Wildman–Crippen MR) is 127 cm³/mol. The minimum Gasteiger partial charge on any atom is -0.465 e. The van der Waals surface area contributed by atoms with E-state index in [4.69, 9.17) is 15.2 Å². The Kier molecular flexibility index (Phi) is 7.26. The number of esters is 1. The molecule has 0 saturated carbocycles. The zero-order chi connectivity index (χ0) is 24.1. The highest BCUT2D eigenvalue weighted by molar-refractivity contribution is 5.90. The van der Waals surface area contributed by atoms with E-state index < -0.39 is 0 Å². The third-order valence-corrected chi connectivity index (χ3v) is 5.86. The van der Waals surface area contributed by atoms with Gasteiger partial charge in [0.05, 0.1) is 19.3 Å². The van der Waals surface area contributed by atoms with Crippen molar-refractivity contribution in [1.82, 2.24) is 29.4 Å². The van der Waals surface area contributed by atoms with E-state index in [-0.39, 0.29) is 23.5 Å². The number of anilines is 2. The van der Waals surface area contributed by atoms with E-state index in [0.717, 1.165) is 44.8 Å². The van der Waals surface area contributed by atoms with Gasteiger partial charge in [-0.2, -0.15) is 9.97 Å². The molecule has 3 aromatic rings. The lowest BCUT2D eigenvalue weighted by Crippen LogP contribution is -2.47. The van der Waals surface area contributed by atoms with Crippen LogP contribution in [0.2, 0.25) is 0 Å². The van der Waals surface area contributed by atoms with Gasteiger partial charge in [-0.05, 0) is 18.6 Å². The average Bonchev–Trinajstić information content (AvgIpc) is 3.18. The number of aromatic nitrogens is 5. The molecule has 1 aliphatic heterocycles. The van der Waals surface area contributed by atoms with Gasteiger partial charge in [-0.25, -0.2) is 14.6 Å². The molecular weight excluding hydrogens is 440 g/mol. The van der Waals surface area contributed by atoms with Gasteiger partial charge in [-0.3, -0.25) is 9.47 Å². The van der Waals surface area contributed by atoms with Crippen molar-refractivity contribution < 1.29 is 14.3 Å². The molecule has 4 heterocycles. The highest BCUT2D eigenvalue weighted by Crippen LogP contribution is 2.19. The standard InChI is InChI=1S/C22H30N8O4/c1-3-4-13-34-21-26-18(23)17-19(27-21)30(22(32)25-17)12-9-28-7-10-29(11-8-28)16-14-15(5-6-24-16)20(31)33-2/h5-6,14H,3-4,7-13H2,1-2H3,(H,25,32)(H2,23,26,27). The fraction of sp³-hybridized carbons (Fsp3) is 0.500. The molecule has 12 heteroatoms. The van der Waals surface area contributed by atoms with E-state index in [0.29, 0.717) is 36.4 Å². The molecule has 0 bridgehead atoms. The molecule has 182 valence electrons. The lowest BCUT2D eigenvalue weighted by Gasteiger charge is -2.35. The first kappa shape index (κ1) is 23.5. The van der Waals surface area contributed by atoms with Gasteiger partial charge in [0.15, 0.2) is 11.5 Å². The number of nitrogens with zero attached hydrogens (tertiary/aromatic N) is 6. The van der Waals surface area contributed by atoms with Gasteiger partial charge in [-0.1, -0.05) is 13.3 Å². The normalized spacial score (nSPS) is 14.5. The maximum absolute atomic E-state index is 12.6. The number of piperazine rings is 1. The monoisotopic (exact) mass is 470 g/mol. The lowest BCUT2D eigenvalue weighted by atomic mass is 10.2. The summed E-state index contributed by atoms with van der Waals surface area (Å²) in [4.78, 5) is 44.5. The van der Waals surface area contributed by atoms with Crippen LogP contribution < -0.4 is 21.1 Å². The molecule has 4 rings (SSSR count). The molecule has 0 aliphatic carbocycles. The number of nitrogens with one attached hydrogen (secondary N) is 1. The van der Waals surface area contributed by atoms with Crippen molar-refractivity contribution in [3.63, 3.8) is 0 Å². The predicted octanol–water partition coefficient (Wildman–Crippen LogP) is 0.885. The first-order valence-corrected chi connectivity index (χ1v) is 11.4. The van der Waals surface area contributed by atoms with Crippen LogP contribution in [0.4, 0.5) is 11.6 Å². The summed E-state index contributed by atoms with van der Waals surface area (Å²) in [5, 5.41) is 0. The molecule has 1 saturated heterocycles. The number of hydrogen-bond donors (Lipinski definition) is 2. The van der Waals surface area contributed by atoms with Gasteiger partial charge in [0, 0.05) is 45.5 Å². The van der Waals surface area contributed by atoms with E-state index in [1.165, 1.54) is 7.11 Å². The first-order valence-electron chi connectivity index (χ1n) is 11.4. The number of nitrogens with two attached hydrogens (primary N) is 1. The van der Waals surface area contributed by atoms with Gasteiger partial charge >= 0.3 is 17.7 Å². The smallest absolute Gasteiger partial charge is 0.338 e. The second-order valence-corrected chi connectivity index (χ2v) is 8.10. The fourth-order valence-electron chi connectivity index (χ4n) is 3.89. The van der Waals surface area contributed by atoms with Crippen LogP contribution >= 0.6 is 0 Å². The molecule has 0 atom stereocenters. The Balaban J connectivity index is 1.39. The van der Waals surface area contributed by atoms with Crippen LogP contribution in [0.15, 0.2) is 23.1 Å². The number of imidazole rings is 1. The number of methoxy groups -OCH3 is 1. The average molecular weight is 471 g/mol. The number of hydrogen-bond acceptors (Lipinski definition) is 10. The van der Waals surface area contributed by atoms with Crippen LogP contribution in [-0.2, 0) is 11.3 Å². The Bertz CT molecular complexity index is 1200. The van der Waals surface area contributed by atoms with Crippen molar-refractivity contribution in [1.29, 1.82) is 0 Å². The van der Waals surface area contributed by atoms with E-state index in [1.54, 1.807) is 22.9 Å². The molecule has 0 amide bonds. The van der Waals surface area contributed by atoms with Crippen molar-refractivity contribution >= 4 is 28.8 Å². The topological polar surface area (TPSA) is 144 Å². The van der Waals surface area contributed by atoms with Crippen LogP contribution in [0.3, 0.4) is 0 Å². The molecule has 12 nitrogen and oxygen atoms in total. The van der Waals surface area contributed by atoms with Crippen LogP contribution in [0.1, 0.15) is 30.1 Å². The summed E-state index contributed by atoms with van der Waals surface area (Å²) in [6, 6.07) is 3.57. The summed E-state index contributed by atoms with van der Waals surface area (Å²) >= 11 is 0. The number of H-pyrrole nitrogens is 1. The number of carbonyl (C=O) groups is 1. The number of unbranched alkanes of at least 4 members (excludes halogenated alkanes) is 1. The Morgan fingerprint density at radius 1 is 1.21 bits per heavy atom. The van der Waals surface area contributed by atoms with Crippen molar-refractivity contribution in [3.8, 4) is 6.01 Å². The van der Waals surface area contributed by atoms with Gasteiger partial charge in [0.1, 0.15) is 11.3 Å². The van der Waals surface area contributed by atoms with Gasteiger partial charge < -0.3 is 25.1 Å². The quantitative estimate of drug-likeness (QED) is 0.341. The highest BCUT2D eigenvalue weighted by atomic mass is 16.5. The summed E-state index contributed by atoms with van der Waals surface area (Å²) in [6.07, 6.45) is 3.49. The molecule has 0 unspecified atom stereocenters. The zero-order valence-electron chi connectivity index (χ0n) is 19.5. The minimum absolute atomic E-state index is 0.182. The fourth-order valence-corrected chi connectivity index (χ4v) is 3.89. The van der Waals surface area contributed by atoms with Crippen molar-refractivity contribution in [2.24, 2.45) is 0 Å². The summed E-state index contributed by atoms with van der Waals surface area (Å²) in [5.74, 6) is 0.565. The second-order valence-electron chi connectivity index (χ2n) is 8.10. The van der Waals surface area contributed by atoms with Crippen LogP contribution in [0, 0.1) is 0 Å². The Labute approximate surface area is 196 Å². The minimum atomic E-state index is -0.380. The maximum Gasteiger partial charge on any atom is 0.338 e. The highest BCUT2D eigenvalue weighted by Gasteiger charge is 2.20. The lowest BCUT2D eigenvalue weighted by molar-refractivity contribution is 0.0600. The maximum atomic E-state index is 12.6. The second kappa shape index (κ2) is 10.5. The van der Waals surface area contributed by atoms with Crippen molar-refractivity contribution in [2.45, 2.75) is 26.3 Å². The van der Waals surface area contributed by atoms with Crippen molar-refractivity contribution in [3.05, 3.63) is 34.4 Å².